The summed E-state index contributed by atoms with van der Waals surface area (Å²) in [6.45, 7) is 0.0234. The molecule has 0 aliphatic carbocycles. The molecule has 0 aliphatic rings. The van der Waals surface area contributed by atoms with Gasteiger partial charge in [0.15, 0.2) is 5.78 Å². The number of carbonyl (C=O) groups excluding carboxylic acids is 1. The van der Waals surface area contributed by atoms with Crippen molar-refractivity contribution in [3.05, 3.63) is 35.4 Å². The molecule has 0 aromatic heterocycles. The van der Waals surface area contributed by atoms with E-state index in [1.54, 1.807) is 24.3 Å². The Morgan fingerprint density at radius 1 is 1.33 bits per heavy atom. The first-order valence-electron chi connectivity index (χ1n) is 3.71. The van der Waals surface area contributed by atoms with Gasteiger partial charge in [-0.15, -0.1) is 0 Å². The van der Waals surface area contributed by atoms with Gasteiger partial charge in [0.2, 0.25) is 0 Å². The Labute approximate surface area is 70.8 Å². The topological polar surface area (TPSA) is 63.3 Å². The molecule has 0 unspecified atom stereocenters. The fourth-order valence-corrected chi connectivity index (χ4v) is 0.914. The molecule has 3 N–H and O–H groups in total. The van der Waals surface area contributed by atoms with Gasteiger partial charge in [-0.2, -0.15) is 0 Å². The fraction of sp³-hybridized carbons (Fsp3) is 0.222. The summed E-state index contributed by atoms with van der Waals surface area (Å²) in [6.07, 6.45) is 0. The lowest BCUT2D eigenvalue weighted by atomic mass is 10.1. The minimum absolute atomic E-state index is 0.00288. The quantitative estimate of drug-likeness (QED) is 0.634. The molecule has 0 spiro atoms. The number of benzene rings is 1. The number of Topliss-reactive ketones (excluding diaryl/α,β-unsaturated/α-hetero) is 1. The lowest BCUT2D eigenvalue weighted by Crippen LogP contribution is -2.13. The van der Waals surface area contributed by atoms with Gasteiger partial charge in [0.05, 0.1) is 13.2 Å². The molecule has 0 aliphatic heterocycles. The fourth-order valence-electron chi connectivity index (χ4n) is 0.914. The van der Waals surface area contributed by atoms with Crippen molar-refractivity contribution in [1.29, 1.82) is 0 Å². The smallest absolute Gasteiger partial charge is 0.176 e. The highest BCUT2D eigenvalue weighted by molar-refractivity contribution is 5.97. The van der Waals surface area contributed by atoms with Gasteiger partial charge in [0.1, 0.15) is 0 Å². The first kappa shape index (κ1) is 8.90. The van der Waals surface area contributed by atoms with Crippen molar-refractivity contribution in [3.63, 3.8) is 0 Å². The van der Waals surface area contributed by atoms with Crippen LogP contribution in [-0.4, -0.2) is 17.4 Å². The van der Waals surface area contributed by atoms with E-state index in [4.69, 9.17) is 10.8 Å². The molecule has 12 heavy (non-hydrogen) atoms. The van der Waals surface area contributed by atoms with E-state index in [0.29, 0.717) is 5.56 Å². The minimum atomic E-state index is -0.0838. The standard InChI is InChI=1S/C9H11NO2/c10-5-9(12)8-3-1-7(6-11)2-4-8/h1-4,11H,5-6,10H2. The van der Waals surface area contributed by atoms with Crippen LogP contribution in [0.25, 0.3) is 0 Å². The van der Waals surface area contributed by atoms with Gasteiger partial charge in [0.25, 0.3) is 0 Å². The summed E-state index contributed by atoms with van der Waals surface area (Å²) < 4.78 is 0. The summed E-state index contributed by atoms with van der Waals surface area (Å²) in [5.41, 5.74) is 6.56. The molecular weight excluding hydrogens is 154 g/mol. The van der Waals surface area contributed by atoms with Gasteiger partial charge < -0.3 is 10.8 Å². The van der Waals surface area contributed by atoms with Crippen molar-refractivity contribution in [2.45, 2.75) is 6.61 Å². The van der Waals surface area contributed by atoms with Crippen molar-refractivity contribution in [2.24, 2.45) is 5.73 Å². The summed E-state index contributed by atoms with van der Waals surface area (Å²) in [5.74, 6) is -0.0838. The van der Waals surface area contributed by atoms with Crippen molar-refractivity contribution in [3.8, 4) is 0 Å². The van der Waals surface area contributed by atoms with Crippen LogP contribution in [0.4, 0.5) is 0 Å². The molecule has 0 saturated heterocycles. The molecule has 1 aromatic rings. The molecule has 1 rings (SSSR count). The average molecular weight is 165 g/mol. The highest BCUT2D eigenvalue weighted by atomic mass is 16.3. The van der Waals surface area contributed by atoms with Gasteiger partial charge >= 0.3 is 0 Å². The molecule has 0 amide bonds. The molecule has 0 atom stereocenters. The minimum Gasteiger partial charge on any atom is -0.392 e. The molecule has 3 nitrogen and oxygen atoms in total. The first-order chi connectivity index (χ1) is 5.77. The van der Waals surface area contributed by atoms with E-state index in [1.807, 2.05) is 0 Å². The number of aliphatic hydroxyl groups is 1. The van der Waals surface area contributed by atoms with Gasteiger partial charge in [-0.25, -0.2) is 0 Å². The Balaban J connectivity index is 2.84. The number of hydrogen-bond donors (Lipinski definition) is 2. The maximum atomic E-state index is 11.0. The molecule has 0 saturated carbocycles. The molecule has 0 fully saturated rings. The van der Waals surface area contributed by atoms with Gasteiger partial charge in [-0.1, -0.05) is 24.3 Å². The SMILES string of the molecule is NCC(=O)c1ccc(CO)cc1. The van der Waals surface area contributed by atoms with Crippen LogP contribution in [-0.2, 0) is 6.61 Å². The number of hydrogen-bond acceptors (Lipinski definition) is 3. The normalized spacial score (nSPS) is 9.83. The Hall–Kier alpha value is -1.19. The molecule has 1 aromatic carbocycles. The van der Waals surface area contributed by atoms with Crippen LogP contribution >= 0.6 is 0 Å². The third kappa shape index (κ3) is 1.90. The van der Waals surface area contributed by atoms with Gasteiger partial charge in [0, 0.05) is 5.56 Å². The highest BCUT2D eigenvalue weighted by Gasteiger charge is 2.01. The van der Waals surface area contributed by atoms with Crippen molar-refractivity contribution >= 4 is 5.78 Å². The second-order valence-corrected chi connectivity index (χ2v) is 2.48. The predicted molar refractivity (Wildman–Crippen MR) is 45.7 cm³/mol. The van der Waals surface area contributed by atoms with Gasteiger partial charge in [-0.05, 0) is 5.56 Å². The van der Waals surface area contributed by atoms with Crippen LogP contribution in [0.1, 0.15) is 15.9 Å². The molecule has 3 heteroatoms. The summed E-state index contributed by atoms with van der Waals surface area (Å²) >= 11 is 0. The Kier molecular flexibility index (Phi) is 2.96. The Bertz CT molecular complexity index is 266. The molecule has 64 valence electrons. The zero-order valence-electron chi connectivity index (χ0n) is 6.66. The van der Waals surface area contributed by atoms with Crippen LogP contribution in [0.2, 0.25) is 0 Å². The third-order valence-electron chi connectivity index (χ3n) is 1.64. The van der Waals surface area contributed by atoms with E-state index >= 15 is 0 Å². The summed E-state index contributed by atoms with van der Waals surface area (Å²) in [6, 6.07) is 6.76. The maximum absolute atomic E-state index is 11.0. The lowest BCUT2D eigenvalue weighted by molar-refractivity contribution is 0.100. The molecule has 0 bridgehead atoms. The van der Waals surface area contributed by atoms with Gasteiger partial charge in [-0.3, -0.25) is 4.79 Å². The zero-order valence-corrected chi connectivity index (χ0v) is 6.66. The van der Waals surface area contributed by atoms with E-state index in [2.05, 4.69) is 0 Å². The van der Waals surface area contributed by atoms with Crippen LogP contribution in [0.15, 0.2) is 24.3 Å². The van der Waals surface area contributed by atoms with E-state index < -0.39 is 0 Å². The van der Waals surface area contributed by atoms with Crippen LogP contribution in [0.5, 0.6) is 0 Å². The zero-order chi connectivity index (χ0) is 8.97. The van der Waals surface area contributed by atoms with Crippen LogP contribution < -0.4 is 5.73 Å². The maximum Gasteiger partial charge on any atom is 0.176 e. The lowest BCUT2D eigenvalue weighted by Gasteiger charge is -1.98. The molecular formula is C9H11NO2. The summed E-state index contributed by atoms with van der Waals surface area (Å²) in [5, 5.41) is 8.71. The Morgan fingerprint density at radius 2 is 1.92 bits per heavy atom. The van der Waals surface area contributed by atoms with E-state index in [0.717, 1.165) is 5.56 Å². The number of ketones is 1. The van der Waals surface area contributed by atoms with Crippen molar-refractivity contribution < 1.29 is 9.90 Å². The number of aliphatic hydroxyl groups excluding tert-OH is 1. The summed E-state index contributed by atoms with van der Waals surface area (Å²) in [7, 11) is 0. The number of nitrogens with two attached hydrogens (primary N) is 1. The molecule has 0 radical (unpaired) electrons. The number of rotatable bonds is 3. The number of carbonyl (C=O) groups is 1. The second kappa shape index (κ2) is 3.99. The monoisotopic (exact) mass is 165 g/mol. The Morgan fingerprint density at radius 3 is 2.33 bits per heavy atom. The van der Waals surface area contributed by atoms with E-state index in [-0.39, 0.29) is 18.9 Å². The average Bonchev–Trinajstić information content (AvgIpc) is 2.17. The third-order valence-corrected chi connectivity index (χ3v) is 1.64. The van der Waals surface area contributed by atoms with E-state index in [9.17, 15) is 4.79 Å². The van der Waals surface area contributed by atoms with Crippen LogP contribution in [0.3, 0.4) is 0 Å². The summed E-state index contributed by atoms with van der Waals surface area (Å²) in [4.78, 5) is 11.0. The predicted octanol–water partition coefficient (Wildman–Crippen LogP) is 0.320. The highest BCUT2D eigenvalue weighted by Crippen LogP contribution is 2.04. The van der Waals surface area contributed by atoms with Crippen molar-refractivity contribution in [2.75, 3.05) is 6.54 Å². The largest absolute Gasteiger partial charge is 0.392 e. The van der Waals surface area contributed by atoms with E-state index in [1.165, 1.54) is 0 Å². The molecule has 0 heterocycles. The van der Waals surface area contributed by atoms with Crippen molar-refractivity contribution in [1.82, 2.24) is 0 Å². The second-order valence-electron chi connectivity index (χ2n) is 2.48. The first-order valence-corrected chi connectivity index (χ1v) is 3.71. The van der Waals surface area contributed by atoms with Crippen LogP contribution in [0, 0.1) is 0 Å².